The van der Waals surface area contributed by atoms with Crippen LogP contribution in [0.1, 0.15) is 0 Å². The van der Waals surface area contributed by atoms with E-state index in [4.69, 9.17) is 16.0 Å². The van der Waals surface area contributed by atoms with Gasteiger partial charge in [0.2, 0.25) is 5.43 Å². The third-order valence-electron chi connectivity index (χ3n) is 2.60. The van der Waals surface area contributed by atoms with Crippen LogP contribution in [0.3, 0.4) is 0 Å². The molecule has 0 bridgehead atoms. The standard InChI is InChI=1S/C14H8ClNO2/c15-10-4-1-3-9(7-10)13-8-11(17)14-12(18-13)5-2-6-16-14/h1-8H. The summed E-state index contributed by atoms with van der Waals surface area (Å²) in [5, 5.41) is 0.599. The Labute approximate surface area is 108 Å². The van der Waals surface area contributed by atoms with Crippen molar-refractivity contribution in [2.45, 2.75) is 0 Å². The lowest BCUT2D eigenvalue weighted by molar-refractivity contribution is 0.617. The van der Waals surface area contributed by atoms with E-state index in [-0.39, 0.29) is 5.43 Å². The molecule has 1 aromatic carbocycles. The molecule has 0 spiro atoms. The van der Waals surface area contributed by atoms with Gasteiger partial charge < -0.3 is 4.42 Å². The first kappa shape index (κ1) is 11.0. The van der Waals surface area contributed by atoms with E-state index in [0.717, 1.165) is 5.56 Å². The Morgan fingerprint density at radius 3 is 2.83 bits per heavy atom. The summed E-state index contributed by atoms with van der Waals surface area (Å²) in [6.45, 7) is 0. The van der Waals surface area contributed by atoms with Crippen molar-refractivity contribution in [3.8, 4) is 11.3 Å². The molecule has 4 heteroatoms. The van der Waals surface area contributed by atoms with Gasteiger partial charge in [0.05, 0.1) is 0 Å². The molecule has 0 aliphatic rings. The van der Waals surface area contributed by atoms with Crippen molar-refractivity contribution < 1.29 is 4.42 Å². The molecule has 0 saturated heterocycles. The minimum Gasteiger partial charge on any atom is -0.454 e. The van der Waals surface area contributed by atoms with E-state index in [1.165, 1.54) is 6.07 Å². The van der Waals surface area contributed by atoms with E-state index in [2.05, 4.69) is 4.98 Å². The first-order valence-corrected chi connectivity index (χ1v) is 5.77. The van der Waals surface area contributed by atoms with Gasteiger partial charge in [-0.15, -0.1) is 0 Å². The van der Waals surface area contributed by atoms with E-state index < -0.39 is 0 Å². The molecule has 88 valence electrons. The lowest BCUT2D eigenvalue weighted by Crippen LogP contribution is -2.01. The fraction of sp³-hybridized carbons (Fsp3) is 0. The van der Waals surface area contributed by atoms with Gasteiger partial charge in [-0.25, -0.2) is 4.98 Å². The molecule has 0 unspecified atom stereocenters. The van der Waals surface area contributed by atoms with E-state index in [9.17, 15) is 4.79 Å². The molecule has 0 saturated carbocycles. The van der Waals surface area contributed by atoms with Crippen molar-refractivity contribution in [2.75, 3.05) is 0 Å². The number of benzene rings is 1. The van der Waals surface area contributed by atoms with Crippen LogP contribution in [0.5, 0.6) is 0 Å². The summed E-state index contributed by atoms with van der Waals surface area (Å²) in [4.78, 5) is 15.9. The largest absolute Gasteiger partial charge is 0.454 e. The fourth-order valence-corrected chi connectivity index (χ4v) is 1.97. The second-order valence-corrected chi connectivity index (χ2v) is 4.27. The minimum atomic E-state index is -0.160. The van der Waals surface area contributed by atoms with Gasteiger partial charge in [0.15, 0.2) is 11.1 Å². The number of fused-ring (bicyclic) bond motifs is 1. The SMILES string of the molecule is O=c1cc(-c2cccc(Cl)c2)oc2cccnc12. The minimum absolute atomic E-state index is 0.160. The van der Waals surface area contributed by atoms with Gasteiger partial charge in [-0.2, -0.15) is 0 Å². The fourth-order valence-electron chi connectivity index (χ4n) is 1.78. The zero-order chi connectivity index (χ0) is 12.5. The van der Waals surface area contributed by atoms with Crippen LogP contribution in [0, 0.1) is 0 Å². The van der Waals surface area contributed by atoms with E-state index in [1.807, 2.05) is 12.1 Å². The Morgan fingerprint density at radius 1 is 1.11 bits per heavy atom. The maximum absolute atomic E-state index is 11.9. The quantitative estimate of drug-likeness (QED) is 0.670. The van der Waals surface area contributed by atoms with Gasteiger partial charge in [0.1, 0.15) is 5.76 Å². The highest BCUT2D eigenvalue weighted by atomic mass is 35.5. The van der Waals surface area contributed by atoms with Gasteiger partial charge in [0.25, 0.3) is 0 Å². The van der Waals surface area contributed by atoms with Crippen LogP contribution in [-0.2, 0) is 0 Å². The second-order valence-electron chi connectivity index (χ2n) is 3.84. The normalized spacial score (nSPS) is 10.7. The van der Waals surface area contributed by atoms with Crippen molar-refractivity contribution in [3.63, 3.8) is 0 Å². The molecule has 0 N–H and O–H groups in total. The van der Waals surface area contributed by atoms with Crippen LogP contribution in [0.25, 0.3) is 22.4 Å². The summed E-state index contributed by atoms with van der Waals surface area (Å²) < 4.78 is 5.66. The monoisotopic (exact) mass is 257 g/mol. The van der Waals surface area contributed by atoms with Crippen LogP contribution in [-0.4, -0.2) is 4.98 Å². The van der Waals surface area contributed by atoms with Gasteiger partial charge in [-0.3, -0.25) is 4.79 Å². The lowest BCUT2D eigenvalue weighted by atomic mass is 10.1. The second kappa shape index (κ2) is 4.27. The first-order valence-electron chi connectivity index (χ1n) is 5.39. The molecule has 2 heterocycles. The maximum atomic E-state index is 11.9. The molecule has 18 heavy (non-hydrogen) atoms. The van der Waals surface area contributed by atoms with Crippen LogP contribution >= 0.6 is 11.6 Å². The summed E-state index contributed by atoms with van der Waals surface area (Å²) in [5.41, 5.74) is 1.42. The smallest absolute Gasteiger partial charge is 0.211 e. The van der Waals surface area contributed by atoms with Crippen molar-refractivity contribution in [1.29, 1.82) is 0 Å². The topological polar surface area (TPSA) is 43.1 Å². The number of aromatic nitrogens is 1. The highest BCUT2D eigenvalue weighted by Crippen LogP contribution is 2.23. The Balaban J connectivity index is 2.28. The van der Waals surface area contributed by atoms with Gasteiger partial charge >= 0.3 is 0 Å². The van der Waals surface area contributed by atoms with Crippen LogP contribution in [0.4, 0.5) is 0 Å². The number of hydrogen-bond donors (Lipinski definition) is 0. The first-order chi connectivity index (χ1) is 8.74. The average molecular weight is 258 g/mol. The highest BCUT2D eigenvalue weighted by molar-refractivity contribution is 6.30. The molecule has 0 atom stereocenters. The molecule has 0 fully saturated rings. The molecule has 0 amide bonds. The Bertz CT molecular complexity index is 780. The Morgan fingerprint density at radius 2 is 2.00 bits per heavy atom. The third-order valence-corrected chi connectivity index (χ3v) is 2.83. The highest BCUT2D eigenvalue weighted by Gasteiger charge is 2.07. The number of nitrogens with zero attached hydrogens (tertiary/aromatic N) is 1. The molecule has 0 aliphatic carbocycles. The number of hydrogen-bond acceptors (Lipinski definition) is 3. The van der Waals surface area contributed by atoms with Crippen LogP contribution in [0.15, 0.2) is 57.9 Å². The Kier molecular flexibility index (Phi) is 2.61. The van der Waals surface area contributed by atoms with E-state index in [0.29, 0.717) is 21.9 Å². The van der Waals surface area contributed by atoms with Crippen molar-refractivity contribution in [2.24, 2.45) is 0 Å². The maximum Gasteiger partial charge on any atom is 0.211 e. The van der Waals surface area contributed by atoms with Crippen molar-refractivity contribution >= 4 is 22.7 Å². The van der Waals surface area contributed by atoms with Gasteiger partial charge in [0, 0.05) is 22.8 Å². The van der Waals surface area contributed by atoms with Gasteiger partial charge in [-0.1, -0.05) is 23.7 Å². The lowest BCUT2D eigenvalue weighted by Gasteiger charge is -2.02. The zero-order valence-corrected chi connectivity index (χ0v) is 10.0. The molecular weight excluding hydrogens is 250 g/mol. The third kappa shape index (κ3) is 1.89. The molecule has 0 aliphatic heterocycles. The Hall–Kier alpha value is -2.13. The molecule has 3 rings (SSSR count). The van der Waals surface area contributed by atoms with Crippen molar-refractivity contribution in [1.82, 2.24) is 4.98 Å². The molecular formula is C14H8ClNO2. The predicted octanol–water partition coefficient (Wildman–Crippen LogP) is 3.51. The number of pyridine rings is 1. The van der Waals surface area contributed by atoms with Crippen LogP contribution < -0.4 is 5.43 Å². The summed E-state index contributed by atoms with van der Waals surface area (Å²) in [5.74, 6) is 0.489. The van der Waals surface area contributed by atoms with E-state index >= 15 is 0 Å². The predicted molar refractivity (Wildman–Crippen MR) is 70.7 cm³/mol. The van der Waals surface area contributed by atoms with Gasteiger partial charge in [-0.05, 0) is 24.3 Å². The number of halogens is 1. The molecule has 3 aromatic rings. The molecule has 0 radical (unpaired) electrons. The van der Waals surface area contributed by atoms with Crippen LogP contribution in [0.2, 0.25) is 5.02 Å². The molecule has 2 aromatic heterocycles. The summed E-state index contributed by atoms with van der Waals surface area (Å²) in [7, 11) is 0. The summed E-state index contributed by atoms with van der Waals surface area (Å²) in [6.07, 6.45) is 1.57. The zero-order valence-electron chi connectivity index (χ0n) is 9.26. The molecule has 3 nitrogen and oxygen atoms in total. The average Bonchev–Trinajstić information content (AvgIpc) is 2.39. The summed E-state index contributed by atoms with van der Waals surface area (Å²) in [6, 6.07) is 12.1. The number of rotatable bonds is 1. The van der Waals surface area contributed by atoms with E-state index in [1.54, 1.807) is 30.5 Å². The van der Waals surface area contributed by atoms with Crippen molar-refractivity contribution in [3.05, 3.63) is 63.9 Å². The summed E-state index contributed by atoms with van der Waals surface area (Å²) >= 11 is 5.92.